The first-order chi connectivity index (χ1) is 9.62. The molecule has 1 unspecified atom stereocenters. The molecule has 0 fully saturated rings. The number of nitrogen functional groups attached to an aromatic ring is 1. The van der Waals surface area contributed by atoms with Crippen molar-refractivity contribution in [2.45, 2.75) is 32.9 Å². The third-order valence-corrected chi connectivity index (χ3v) is 3.50. The molecule has 1 amide bonds. The third-order valence-electron chi connectivity index (χ3n) is 3.50. The Balaban J connectivity index is 2.79. The molecule has 112 valence electrons. The normalized spacial score (nSPS) is 12.4. The number of hydrogen-bond donors (Lipinski definition) is 2. The highest BCUT2D eigenvalue weighted by molar-refractivity contribution is 5.93. The molecule has 0 spiro atoms. The van der Waals surface area contributed by atoms with Crippen LogP contribution in [0, 0.1) is 0 Å². The highest BCUT2D eigenvalue weighted by Crippen LogP contribution is 2.12. The number of nitrogens with one attached hydrogen (secondary N) is 1. The Morgan fingerprint density at radius 2 is 2.25 bits per heavy atom. The summed E-state index contributed by atoms with van der Waals surface area (Å²) in [4.78, 5) is 13.9. The van der Waals surface area contributed by atoms with Crippen LogP contribution in [0.25, 0.3) is 0 Å². The van der Waals surface area contributed by atoms with Gasteiger partial charge in [0.2, 0.25) is 0 Å². The van der Waals surface area contributed by atoms with Gasteiger partial charge in [-0.05, 0) is 31.0 Å². The Bertz CT molecular complexity index is 423. The van der Waals surface area contributed by atoms with Crippen LogP contribution in [0.15, 0.2) is 24.3 Å². The van der Waals surface area contributed by atoms with Crippen LogP contribution < -0.4 is 11.3 Å². The van der Waals surface area contributed by atoms with Crippen LogP contribution in [-0.4, -0.2) is 37.1 Å². The Kier molecular flexibility index (Phi) is 7.22. The lowest BCUT2D eigenvalue weighted by molar-refractivity contribution is 0.0953. The molecule has 0 saturated carbocycles. The van der Waals surface area contributed by atoms with Gasteiger partial charge in [0.25, 0.3) is 5.91 Å². The number of hydrazine groups is 1. The molecule has 0 aliphatic heterocycles. The van der Waals surface area contributed by atoms with Gasteiger partial charge >= 0.3 is 0 Å². The van der Waals surface area contributed by atoms with Crippen LogP contribution in [0.5, 0.6) is 0 Å². The van der Waals surface area contributed by atoms with Crippen molar-refractivity contribution in [3.8, 4) is 0 Å². The quantitative estimate of drug-likeness (QED) is 0.430. The topological polar surface area (TPSA) is 67.6 Å². The maximum atomic E-state index is 11.5. The average molecular weight is 279 g/mol. The van der Waals surface area contributed by atoms with Gasteiger partial charge in [-0.2, -0.15) is 0 Å². The number of rotatable bonds is 8. The molecule has 1 atom stereocenters. The van der Waals surface area contributed by atoms with Crippen molar-refractivity contribution in [3.63, 3.8) is 0 Å². The van der Waals surface area contributed by atoms with Crippen LogP contribution >= 0.6 is 0 Å². The Hall–Kier alpha value is -1.43. The van der Waals surface area contributed by atoms with Gasteiger partial charge in [0.1, 0.15) is 0 Å². The monoisotopic (exact) mass is 279 g/mol. The van der Waals surface area contributed by atoms with E-state index in [9.17, 15) is 4.79 Å². The number of nitrogens with zero attached hydrogens (tertiary/aromatic N) is 1. The van der Waals surface area contributed by atoms with E-state index in [1.165, 1.54) is 0 Å². The first kappa shape index (κ1) is 16.6. The first-order valence-corrected chi connectivity index (χ1v) is 6.95. The summed E-state index contributed by atoms with van der Waals surface area (Å²) in [6.07, 6.45) is 1.08. The SMILES string of the molecule is CCC(C)N(CCOC)Cc1cccc(C(=O)NN)c1. The van der Waals surface area contributed by atoms with Crippen molar-refractivity contribution in [2.24, 2.45) is 5.84 Å². The summed E-state index contributed by atoms with van der Waals surface area (Å²) in [6, 6.07) is 8.01. The van der Waals surface area contributed by atoms with Gasteiger partial charge < -0.3 is 4.74 Å². The minimum absolute atomic E-state index is 0.265. The molecule has 5 nitrogen and oxygen atoms in total. The number of methoxy groups -OCH3 is 1. The fourth-order valence-corrected chi connectivity index (χ4v) is 2.05. The van der Waals surface area contributed by atoms with Crippen LogP contribution in [0.1, 0.15) is 36.2 Å². The van der Waals surface area contributed by atoms with Gasteiger partial charge in [0.05, 0.1) is 6.61 Å². The van der Waals surface area contributed by atoms with E-state index in [0.717, 1.165) is 25.1 Å². The molecule has 5 heteroatoms. The number of ether oxygens (including phenoxy) is 1. The van der Waals surface area contributed by atoms with Crippen molar-refractivity contribution in [1.29, 1.82) is 0 Å². The molecule has 0 radical (unpaired) electrons. The lowest BCUT2D eigenvalue weighted by Gasteiger charge is -2.28. The van der Waals surface area contributed by atoms with E-state index in [1.807, 2.05) is 18.2 Å². The summed E-state index contributed by atoms with van der Waals surface area (Å²) in [6.45, 7) is 6.74. The minimum Gasteiger partial charge on any atom is -0.383 e. The van der Waals surface area contributed by atoms with Crippen molar-refractivity contribution in [3.05, 3.63) is 35.4 Å². The molecular formula is C15H25N3O2. The molecule has 0 aliphatic carbocycles. The minimum atomic E-state index is -0.265. The number of hydrogen-bond acceptors (Lipinski definition) is 4. The van der Waals surface area contributed by atoms with Gasteiger partial charge in [0.15, 0.2) is 0 Å². The summed E-state index contributed by atoms with van der Waals surface area (Å²) < 4.78 is 5.16. The second-order valence-electron chi connectivity index (χ2n) is 4.89. The smallest absolute Gasteiger partial charge is 0.265 e. The molecule has 0 aromatic heterocycles. The van der Waals surface area contributed by atoms with Gasteiger partial charge in [-0.3, -0.25) is 15.1 Å². The van der Waals surface area contributed by atoms with E-state index in [1.54, 1.807) is 13.2 Å². The molecular weight excluding hydrogens is 254 g/mol. The van der Waals surface area contributed by atoms with Crippen LogP contribution in [0.3, 0.4) is 0 Å². The van der Waals surface area contributed by atoms with E-state index in [2.05, 4.69) is 24.2 Å². The number of nitrogens with two attached hydrogens (primary N) is 1. The molecule has 0 saturated heterocycles. The van der Waals surface area contributed by atoms with Crippen molar-refractivity contribution < 1.29 is 9.53 Å². The summed E-state index contributed by atoms with van der Waals surface area (Å²) in [7, 11) is 1.71. The zero-order valence-corrected chi connectivity index (χ0v) is 12.6. The van der Waals surface area contributed by atoms with Crippen LogP contribution in [-0.2, 0) is 11.3 Å². The fourth-order valence-electron chi connectivity index (χ4n) is 2.05. The average Bonchev–Trinajstić information content (AvgIpc) is 2.50. The standard InChI is InChI=1S/C15H25N3O2/c1-4-12(2)18(8-9-20-3)11-13-6-5-7-14(10-13)15(19)17-16/h5-7,10,12H,4,8-9,11,16H2,1-3H3,(H,17,19). The fraction of sp³-hybridized carbons (Fsp3) is 0.533. The van der Waals surface area contributed by atoms with E-state index < -0.39 is 0 Å². The van der Waals surface area contributed by atoms with Crippen LogP contribution in [0.4, 0.5) is 0 Å². The Morgan fingerprint density at radius 1 is 1.50 bits per heavy atom. The number of amides is 1. The van der Waals surface area contributed by atoms with Gasteiger partial charge in [0, 0.05) is 31.8 Å². The summed E-state index contributed by atoms with van der Waals surface area (Å²) in [5.74, 6) is 4.90. The number of carbonyl (C=O) groups is 1. The molecule has 3 N–H and O–H groups in total. The predicted molar refractivity (Wildman–Crippen MR) is 80.1 cm³/mol. The summed E-state index contributed by atoms with van der Waals surface area (Å²) in [5, 5.41) is 0. The first-order valence-electron chi connectivity index (χ1n) is 6.95. The number of carbonyl (C=O) groups excluding carboxylic acids is 1. The van der Waals surface area contributed by atoms with Crippen LogP contribution in [0.2, 0.25) is 0 Å². The predicted octanol–water partition coefficient (Wildman–Crippen LogP) is 1.54. The molecule has 0 bridgehead atoms. The van der Waals surface area contributed by atoms with Gasteiger partial charge in [-0.15, -0.1) is 0 Å². The molecule has 1 rings (SSSR count). The lowest BCUT2D eigenvalue weighted by Crippen LogP contribution is -2.35. The number of benzene rings is 1. The maximum absolute atomic E-state index is 11.5. The van der Waals surface area contributed by atoms with Gasteiger partial charge in [-0.25, -0.2) is 5.84 Å². The molecule has 1 aromatic carbocycles. The summed E-state index contributed by atoms with van der Waals surface area (Å²) >= 11 is 0. The van der Waals surface area contributed by atoms with Crippen molar-refractivity contribution >= 4 is 5.91 Å². The van der Waals surface area contributed by atoms with Crippen molar-refractivity contribution in [2.75, 3.05) is 20.3 Å². The second kappa shape index (κ2) is 8.68. The maximum Gasteiger partial charge on any atom is 0.265 e. The van der Waals surface area contributed by atoms with E-state index >= 15 is 0 Å². The van der Waals surface area contributed by atoms with Gasteiger partial charge in [-0.1, -0.05) is 19.1 Å². The van der Waals surface area contributed by atoms with E-state index in [4.69, 9.17) is 10.6 Å². The molecule has 0 aliphatic rings. The molecule has 20 heavy (non-hydrogen) atoms. The summed E-state index contributed by atoms with van der Waals surface area (Å²) in [5.41, 5.74) is 3.84. The third kappa shape index (κ3) is 4.92. The van der Waals surface area contributed by atoms with E-state index in [-0.39, 0.29) is 5.91 Å². The highest BCUT2D eigenvalue weighted by atomic mass is 16.5. The van der Waals surface area contributed by atoms with E-state index in [0.29, 0.717) is 18.2 Å². The Morgan fingerprint density at radius 3 is 2.85 bits per heavy atom. The molecule has 0 heterocycles. The Labute approximate surface area is 121 Å². The molecule has 1 aromatic rings. The zero-order chi connectivity index (χ0) is 15.0. The zero-order valence-electron chi connectivity index (χ0n) is 12.6. The highest BCUT2D eigenvalue weighted by Gasteiger charge is 2.13. The second-order valence-corrected chi connectivity index (χ2v) is 4.89. The largest absolute Gasteiger partial charge is 0.383 e. The lowest BCUT2D eigenvalue weighted by atomic mass is 10.1. The van der Waals surface area contributed by atoms with Crippen molar-refractivity contribution in [1.82, 2.24) is 10.3 Å².